The third kappa shape index (κ3) is 4.87. The second-order valence-electron chi connectivity index (χ2n) is 5.84. The maximum Gasteiger partial charge on any atom is 0.315 e. The van der Waals surface area contributed by atoms with E-state index in [0.29, 0.717) is 12.0 Å². The Bertz CT molecular complexity index is 399. The zero-order chi connectivity index (χ0) is 14.2. The molecule has 0 aliphatic heterocycles. The molecule has 110 valence electrons. The van der Waals surface area contributed by atoms with E-state index >= 15 is 0 Å². The number of carbonyl (C=O) groups is 1. The molecule has 1 aromatic carbocycles. The molecule has 0 bridgehead atoms. The van der Waals surface area contributed by atoms with Gasteiger partial charge in [0.2, 0.25) is 0 Å². The van der Waals surface area contributed by atoms with Gasteiger partial charge in [0.05, 0.1) is 0 Å². The summed E-state index contributed by atoms with van der Waals surface area (Å²) in [5, 5.41) is 6.06. The number of rotatable bonds is 5. The van der Waals surface area contributed by atoms with Crippen LogP contribution in [0.5, 0.6) is 0 Å². The molecule has 3 nitrogen and oxygen atoms in total. The summed E-state index contributed by atoms with van der Waals surface area (Å²) in [7, 11) is 0. The molecule has 3 heteroatoms. The van der Waals surface area contributed by atoms with Crippen LogP contribution >= 0.6 is 0 Å². The Labute approximate surface area is 122 Å². The first-order valence-electron chi connectivity index (χ1n) is 7.85. The number of hydrogen-bond donors (Lipinski definition) is 2. The Morgan fingerprint density at radius 2 is 1.90 bits per heavy atom. The molecule has 2 amide bonds. The van der Waals surface area contributed by atoms with Crippen molar-refractivity contribution in [2.45, 2.75) is 57.4 Å². The fourth-order valence-corrected chi connectivity index (χ4v) is 2.83. The van der Waals surface area contributed by atoms with Crippen molar-refractivity contribution in [3.05, 3.63) is 35.9 Å². The Morgan fingerprint density at radius 3 is 2.60 bits per heavy atom. The average molecular weight is 274 g/mol. The summed E-state index contributed by atoms with van der Waals surface area (Å²) in [4.78, 5) is 11.8. The molecular formula is C17H26N2O. The number of amides is 2. The van der Waals surface area contributed by atoms with Gasteiger partial charge in [-0.3, -0.25) is 0 Å². The standard InChI is InChI=1S/C17H26N2O/c1-14(15-8-4-2-5-9-15)12-13-18-17(20)19-16-10-6-3-7-11-16/h2,4-5,8-9,14,16H,3,6-7,10-13H2,1H3,(H2,18,19,20). The molecule has 1 atom stereocenters. The van der Waals surface area contributed by atoms with Crippen molar-refractivity contribution in [3.63, 3.8) is 0 Å². The first-order valence-corrected chi connectivity index (χ1v) is 7.85. The van der Waals surface area contributed by atoms with Crippen LogP contribution in [-0.2, 0) is 0 Å². The van der Waals surface area contributed by atoms with Crippen LogP contribution in [0.25, 0.3) is 0 Å². The van der Waals surface area contributed by atoms with Crippen molar-refractivity contribution in [2.24, 2.45) is 0 Å². The van der Waals surface area contributed by atoms with Gasteiger partial charge in [-0.25, -0.2) is 4.79 Å². The molecule has 1 aliphatic rings. The lowest BCUT2D eigenvalue weighted by atomic mass is 9.96. The number of nitrogens with one attached hydrogen (secondary N) is 2. The minimum Gasteiger partial charge on any atom is -0.338 e. The lowest BCUT2D eigenvalue weighted by Gasteiger charge is -2.23. The Kier molecular flexibility index (Phi) is 5.90. The van der Waals surface area contributed by atoms with E-state index in [9.17, 15) is 4.79 Å². The summed E-state index contributed by atoms with van der Waals surface area (Å²) in [6.07, 6.45) is 7.05. The van der Waals surface area contributed by atoms with Crippen molar-refractivity contribution in [1.82, 2.24) is 10.6 Å². The van der Waals surface area contributed by atoms with Crippen molar-refractivity contribution in [1.29, 1.82) is 0 Å². The van der Waals surface area contributed by atoms with E-state index in [2.05, 4.69) is 41.8 Å². The molecule has 1 aliphatic carbocycles. The normalized spacial score (nSPS) is 17.4. The van der Waals surface area contributed by atoms with Crippen LogP contribution in [0.2, 0.25) is 0 Å². The largest absolute Gasteiger partial charge is 0.338 e. The molecule has 2 N–H and O–H groups in total. The summed E-state index contributed by atoms with van der Waals surface area (Å²) < 4.78 is 0. The van der Waals surface area contributed by atoms with Crippen LogP contribution in [0.15, 0.2) is 30.3 Å². The molecule has 0 heterocycles. The minimum absolute atomic E-state index is 0.00263. The summed E-state index contributed by atoms with van der Waals surface area (Å²) in [5.74, 6) is 0.478. The van der Waals surface area contributed by atoms with Crippen LogP contribution in [-0.4, -0.2) is 18.6 Å². The third-order valence-corrected chi connectivity index (χ3v) is 4.17. The lowest BCUT2D eigenvalue weighted by molar-refractivity contribution is 0.232. The van der Waals surface area contributed by atoms with E-state index in [1.807, 2.05) is 6.07 Å². The number of urea groups is 1. The highest BCUT2D eigenvalue weighted by Crippen LogP contribution is 2.18. The Morgan fingerprint density at radius 1 is 1.20 bits per heavy atom. The van der Waals surface area contributed by atoms with Gasteiger partial charge < -0.3 is 10.6 Å². The van der Waals surface area contributed by atoms with Crippen LogP contribution in [0.1, 0.15) is 56.9 Å². The lowest BCUT2D eigenvalue weighted by Crippen LogP contribution is -2.43. The highest BCUT2D eigenvalue weighted by molar-refractivity contribution is 5.74. The van der Waals surface area contributed by atoms with Gasteiger partial charge in [-0.15, -0.1) is 0 Å². The zero-order valence-corrected chi connectivity index (χ0v) is 12.4. The first kappa shape index (κ1) is 14.9. The van der Waals surface area contributed by atoms with Crippen LogP contribution in [0, 0.1) is 0 Å². The molecular weight excluding hydrogens is 248 g/mol. The van der Waals surface area contributed by atoms with Gasteiger partial charge >= 0.3 is 6.03 Å². The maximum absolute atomic E-state index is 11.8. The van der Waals surface area contributed by atoms with E-state index in [-0.39, 0.29) is 6.03 Å². The predicted molar refractivity (Wildman–Crippen MR) is 82.9 cm³/mol. The SMILES string of the molecule is CC(CCNC(=O)NC1CCCCC1)c1ccccc1. The third-order valence-electron chi connectivity index (χ3n) is 4.17. The zero-order valence-electron chi connectivity index (χ0n) is 12.4. The van der Waals surface area contributed by atoms with Crippen LogP contribution in [0.3, 0.4) is 0 Å². The Hall–Kier alpha value is -1.51. The topological polar surface area (TPSA) is 41.1 Å². The fraction of sp³-hybridized carbons (Fsp3) is 0.588. The smallest absolute Gasteiger partial charge is 0.315 e. The highest BCUT2D eigenvalue weighted by atomic mass is 16.2. The van der Waals surface area contributed by atoms with Crippen LogP contribution < -0.4 is 10.6 Å². The van der Waals surface area contributed by atoms with Gasteiger partial charge in [0.1, 0.15) is 0 Å². The average Bonchev–Trinajstić information content (AvgIpc) is 2.49. The molecule has 1 unspecified atom stereocenters. The summed E-state index contributed by atoms with van der Waals surface area (Å²) in [6.45, 7) is 2.94. The minimum atomic E-state index is -0.00263. The molecule has 1 saturated carbocycles. The molecule has 0 radical (unpaired) electrons. The molecule has 0 aromatic heterocycles. The molecule has 1 fully saturated rings. The number of carbonyl (C=O) groups excluding carboxylic acids is 1. The fourth-order valence-electron chi connectivity index (χ4n) is 2.83. The summed E-state index contributed by atoms with van der Waals surface area (Å²) >= 11 is 0. The second-order valence-corrected chi connectivity index (χ2v) is 5.84. The van der Waals surface area contributed by atoms with Crippen molar-refractivity contribution in [2.75, 3.05) is 6.54 Å². The maximum atomic E-state index is 11.8. The second kappa shape index (κ2) is 7.93. The summed E-state index contributed by atoms with van der Waals surface area (Å²) in [6, 6.07) is 10.8. The highest BCUT2D eigenvalue weighted by Gasteiger charge is 2.15. The monoisotopic (exact) mass is 274 g/mol. The molecule has 20 heavy (non-hydrogen) atoms. The quantitative estimate of drug-likeness (QED) is 0.842. The van der Waals surface area contributed by atoms with Gasteiger partial charge in [0, 0.05) is 12.6 Å². The van der Waals surface area contributed by atoms with Crippen molar-refractivity contribution in [3.8, 4) is 0 Å². The number of benzene rings is 1. The van der Waals surface area contributed by atoms with E-state index in [1.54, 1.807) is 0 Å². The van der Waals surface area contributed by atoms with E-state index < -0.39 is 0 Å². The van der Waals surface area contributed by atoms with Gasteiger partial charge in [-0.2, -0.15) is 0 Å². The van der Waals surface area contributed by atoms with Gasteiger partial charge in [0.25, 0.3) is 0 Å². The molecule has 0 spiro atoms. The number of hydrogen-bond acceptors (Lipinski definition) is 1. The van der Waals surface area contributed by atoms with E-state index in [1.165, 1.54) is 24.8 Å². The molecule has 1 aromatic rings. The van der Waals surface area contributed by atoms with Crippen molar-refractivity contribution < 1.29 is 4.79 Å². The molecule has 0 saturated heterocycles. The van der Waals surface area contributed by atoms with Gasteiger partial charge in [-0.1, -0.05) is 56.5 Å². The van der Waals surface area contributed by atoms with Gasteiger partial charge in [-0.05, 0) is 30.7 Å². The predicted octanol–water partition coefficient (Wildman–Crippen LogP) is 3.81. The van der Waals surface area contributed by atoms with Crippen LogP contribution in [0.4, 0.5) is 4.79 Å². The van der Waals surface area contributed by atoms with Gasteiger partial charge in [0.15, 0.2) is 0 Å². The van der Waals surface area contributed by atoms with E-state index in [4.69, 9.17) is 0 Å². The Balaban J connectivity index is 1.63. The summed E-state index contributed by atoms with van der Waals surface area (Å²) in [5.41, 5.74) is 1.34. The first-order chi connectivity index (χ1) is 9.75. The van der Waals surface area contributed by atoms with Crippen molar-refractivity contribution >= 4 is 6.03 Å². The van der Waals surface area contributed by atoms with E-state index in [0.717, 1.165) is 25.8 Å². The molecule has 2 rings (SSSR count).